The normalized spacial score (nSPS) is 20.6. The molecular formula is C18H26O2Sn. The fourth-order valence-corrected chi connectivity index (χ4v) is 7.09. The van der Waals surface area contributed by atoms with Crippen LogP contribution in [0.15, 0.2) is 46.2 Å². The fourth-order valence-electron chi connectivity index (χ4n) is 2.66. The van der Waals surface area contributed by atoms with Crippen LogP contribution in [-0.4, -0.2) is 31.3 Å². The SMILES string of the molecule is C=C=[C](C(OC1CCCCO1)c1ccccc1)[Sn]([CH3])([CH3])[CH3]. The van der Waals surface area contributed by atoms with Crippen LogP contribution in [0.4, 0.5) is 0 Å². The van der Waals surface area contributed by atoms with E-state index in [1.165, 1.54) is 15.6 Å². The molecule has 0 bridgehead atoms. The Morgan fingerprint density at radius 1 is 1.29 bits per heavy atom. The second-order valence-corrected chi connectivity index (χ2v) is 20.9. The molecule has 1 heterocycles. The van der Waals surface area contributed by atoms with Gasteiger partial charge >= 0.3 is 133 Å². The van der Waals surface area contributed by atoms with Gasteiger partial charge in [0, 0.05) is 0 Å². The van der Waals surface area contributed by atoms with Crippen molar-refractivity contribution in [1.82, 2.24) is 0 Å². The second kappa shape index (κ2) is 7.64. The van der Waals surface area contributed by atoms with Gasteiger partial charge in [-0.15, -0.1) is 0 Å². The molecule has 1 aromatic carbocycles. The Morgan fingerprint density at radius 2 is 2.00 bits per heavy atom. The predicted molar refractivity (Wildman–Crippen MR) is 89.9 cm³/mol. The first-order valence-electron chi connectivity index (χ1n) is 7.75. The molecule has 0 N–H and O–H groups in total. The molecule has 0 spiro atoms. The van der Waals surface area contributed by atoms with E-state index in [0.29, 0.717) is 0 Å². The zero-order valence-electron chi connectivity index (χ0n) is 13.4. The second-order valence-electron chi connectivity index (χ2n) is 6.56. The van der Waals surface area contributed by atoms with E-state index in [0.717, 1.165) is 19.4 Å². The molecule has 2 atom stereocenters. The molecule has 1 saturated heterocycles. The molecule has 0 amide bonds. The van der Waals surface area contributed by atoms with E-state index in [1.807, 2.05) is 6.07 Å². The summed E-state index contributed by atoms with van der Waals surface area (Å²) in [5.41, 5.74) is 4.39. The van der Waals surface area contributed by atoms with Gasteiger partial charge in [0.15, 0.2) is 0 Å². The molecular weight excluding hydrogens is 367 g/mol. The van der Waals surface area contributed by atoms with Gasteiger partial charge in [-0.3, -0.25) is 0 Å². The molecule has 1 aliphatic rings. The monoisotopic (exact) mass is 394 g/mol. The maximum atomic E-state index is 6.35. The number of benzene rings is 1. The third kappa shape index (κ3) is 4.72. The van der Waals surface area contributed by atoms with E-state index >= 15 is 0 Å². The standard InChI is InChI=1S/C15H17O2.3CH3.Sn/c1-2-8-14(13-9-4-3-5-10-13)17-15-11-6-7-12-16-15;;;;/h3-5,9-10,14-15H,1,6-7,11-12H2;3*1H3;. The van der Waals surface area contributed by atoms with Crippen LogP contribution in [0.1, 0.15) is 30.9 Å². The summed E-state index contributed by atoms with van der Waals surface area (Å²) >= 11 is -2.33. The summed E-state index contributed by atoms with van der Waals surface area (Å²) in [7, 11) is 0. The van der Waals surface area contributed by atoms with Crippen molar-refractivity contribution < 1.29 is 9.47 Å². The van der Waals surface area contributed by atoms with Crippen LogP contribution < -0.4 is 0 Å². The molecule has 0 aliphatic carbocycles. The van der Waals surface area contributed by atoms with Crippen molar-refractivity contribution >= 4 is 18.4 Å². The Labute approximate surface area is 132 Å². The van der Waals surface area contributed by atoms with Crippen molar-refractivity contribution in [3.63, 3.8) is 0 Å². The van der Waals surface area contributed by atoms with E-state index in [2.05, 4.69) is 51.4 Å². The Kier molecular flexibility index (Phi) is 6.12. The van der Waals surface area contributed by atoms with Gasteiger partial charge in [0.05, 0.1) is 0 Å². The third-order valence-electron chi connectivity index (χ3n) is 3.79. The molecule has 2 rings (SSSR count). The summed E-state index contributed by atoms with van der Waals surface area (Å²) in [5, 5.41) is 0. The first-order valence-corrected chi connectivity index (χ1v) is 17.7. The summed E-state index contributed by atoms with van der Waals surface area (Å²) < 4.78 is 13.4. The van der Waals surface area contributed by atoms with Crippen LogP contribution >= 0.6 is 0 Å². The number of hydrogen-bond donors (Lipinski definition) is 0. The van der Waals surface area contributed by atoms with Gasteiger partial charge < -0.3 is 0 Å². The zero-order chi connectivity index (χ0) is 15.3. The topological polar surface area (TPSA) is 18.5 Å². The zero-order valence-corrected chi connectivity index (χ0v) is 16.2. The Bertz CT molecular complexity index is 492. The first kappa shape index (κ1) is 16.8. The summed E-state index contributed by atoms with van der Waals surface area (Å²) in [5.74, 6) is 0. The van der Waals surface area contributed by atoms with Crippen LogP contribution in [-0.2, 0) is 9.47 Å². The third-order valence-corrected chi connectivity index (χ3v) is 9.65. The summed E-state index contributed by atoms with van der Waals surface area (Å²) in [4.78, 5) is 7.13. The maximum absolute atomic E-state index is 6.35. The minimum absolute atomic E-state index is 0.0531. The molecule has 2 unspecified atom stereocenters. The molecule has 2 nitrogen and oxygen atoms in total. The molecule has 1 aliphatic heterocycles. The fraction of sp³-hybridized carbons (Fsp3) is 0.500. The number of hydrogen-bond acceptors (Lipinski definition) is 2. The molecule has 0 aromatic heterocycles. The van der Waals surface area contributed by atoms with Crippen molar-refractivity contribution in [2.45, 2.75) is 46.5 Å². The van der Waals surface area contributed by atoms with Crippen molar-refractivity contribution in [3.8, 4) is 0 Å². The molecule has 0 saturated carbocycles. The van der Waals surface area contributed by atoms with Gasteiger partial charge in [-0.2, -0.15) is 0 Å². The summed E-state index contributed by atoms with van der Waals surface area (Å²) in [6.45, 7) is 4.74. The summed E-state index contributed by atoms with van der Waals surface area (Å²) in [6, 6.07) is 10.4. The minimum atomic E-state index is -2.33. The molecule has 1 aromatic rings. The van der Waals surface area contributed by atoms with Crippen LogP contribution in [0.3, 0.4) is 0 Å². The number of ether oxygens (including phenoxy) is 2. The molecule has 0 radical (unpaired) electrons. The quantitative estimate of drug-likeness (QED) is 0.526. The van der Waals surface area contributed by atoms with Crippen molar-refractivity contribution in [1.29, 1.82) is 0 Å². The van der Waals surface area contributed by atoms with Crippen molar-refractivity contribution in [3.05, 3.63) is 51.8 Å². The van der Waals surface area contributed by atoms with E-state index < -0.39 is 18.4 Å². The summed E-state index contributed by atoms with van der Waals surface area (Å²) in [6.07, 6.45) is 3.15. The molecule has 21 heavy (non-hydrogen) atoms. The van der Waals surface area contributed by atoms with Gasteiger partial charge in [-0.05, 0) is 0 Å². The Hall–Kier alpha value is -0.541. The molecule has 3 heteroatoms. The van der Waals surface area contributed by atoms with Gasteiger partial charge in [0.25, 0.3) is 0 Å². The van der Waals surface area contributed by atoms with E-state index in [9.17, 15) is 0 Å². The average molecular weight is 393 g/mol. The van der Waals surface area contributed by atoms with Gasteiger partial charge in [-0.25, -0.2) is 0 Å². The Morgan fingerprint density at radius 3 is 2.52 bits per heavy atom. The average Bonchev–Trinajstić information content (AvgIpc) is 2.47. The molecule has 1 fully saturated rings. The van der Waals surface area contributed by atoms with Crippen molar-refractivity contribution in [2.75, 3.05) is 6.61 Å². The molecule has 114 valence electrons. The predicted octanol–water partition coefficient (Wildman–Crippen LogP) is 4.86. The van der Waals surface area contributed by atoms with Crippen LogP contribution in [0.5, 0.6) is 0 Å². The Balaban J connectivity index is 2.28. The first-order chi connectivity index (χ1) is 10.0. The van der Waals surface area contributed by atoms with E-state index in [1.54, 1.807) is 0 Å². The van der Waals surface area contributed by atoms with Gasteiger partial charge in [0.1, 0.15) is 0 Å². The van der Waals surface area contributed by atoms with Gasteiger partial charge in [-0.1, -0.05) is 0 Å². The van der Waals surface area contributed by atoms with E-state index in [-0.39, 0.29) is 12.4 Å². The van der Waals surface area contributed by atoms with Crippen molar-refractivity contribution in [2.24, 2.45) is 0 Å². The van der Waals surface area contributed by atoms with Crippen LogP contribution in [0.2, 0.25) is 14.8 Å². The van der Waals surface area contributed by atoms with E-state index in [4.69, 9.17) is 9.47 Å². The van der Waals surface area contributed by atoms with Gasteiger partial charge in [0.2, 0.25) is 0 Å². The number of rotatable bonds is 5. The van der Waals surface area contributed by atoms with Crippen LogP contribution in [0, 0.1) is 0 Å². The van der Waals surface area contributed by atoms with Crippen LogP contribution in [0.25, 0.3) is 0 Å².